The number of benzene rings is 1. The smallest absolute Gasteiger partial charge is 0.251 e. The minimum atomic E-state index is -0.141. The van der Waals surface area contributed by atoms with Crippen LogP contribution in [0.3, 0.4) is 0 Å². The largest absolute Gasteiger partial charge is 0.352 e. The number of nitrogens with zero attached hydrogens (tertiary/aromatic N) is 2. The Bertz CT molecular complexity index is 742. The molecule has 0 radical (unpaired) electrons. The highest BCUT2D eigenvalue weighted by molar-refractivity contribution is 7.16. The predicted octanol–water partition coefficient (Wildman–Crippen LogP) is 2.87. The molecule has 1 N–H and O–H groups in total. The Balaban J connectivity index is 1.36. The molecule has 7 heteroatoms. The zero-order valence-corrected chi connectivity index (χ0v) is 16.1. The van der Waals surface area contributed by atoms with Crippen molar-refractivity contribution in [3.05, 3.63) is 57.2 Å². The van der Waals surface area contributed by atoms with E-state index in [-0.39, 0.29) is 11.8 Å². The number of piperazine rings is 1. The summed E-state index contributed by atoms with van der Waals surface area (Å²) in [7, 11) is 0. The second kappa shape index (κ2) is 9.16. The number of hydrogen-bond acceptors (Lipinski definition) is 4. The normalized spacial score (nSPS) is 15.0. The number of rotatable bonds is 6. The summed E-state index contributed by atoms with van der Waals surface area (Å²) >= 11 is 7.57. The lowest BCUT2D eigenvalue weighted by atomic mass is 10.2. The van der Waals surface area contributed by atoms with Gasteiger partial charge in [-0.15, -0.1) is 11.3 Å². The first-order valence-electron chi connectivity index (χ1n) is 8.69. The lowest BCUT2D eigenvalue weighted by Gasteiger charge is -2.34. The Hall–Kier alpha value is -1.89. The fourth-order valence-electron chi connectivity index (χ4n) is 2.95. The van der Waals surface area contributed by atoms with E-state index < -0.39 is 0 Å². The van der Waals surface area contributed by atoms with Crippen molar-refractivity contribution in [2.45, 2.75) is 13.0 Å². The van der Waals surface area contributed by atoms with Crippen molar-refractivity contribution in [2.75, 3.05) is 32.7 Å². The summed E-state index contributed by atoms with van der Waals surface area (Å²) in [5.74, 6) is -0.0463. The van der Waals surface area contributed by atoms with Gasteiger partial charge in [-0.3, -0.25) is 14.5 Å². The fourth-order valence-corrected chi connectivity index (χ4v) is 4.08. The second-order valence-corrected chi connectivity index (χ2v) is 8.03. The van der Waals surface area contributed by atoms with E-state index in [0.717, 1.165) is 37.1 Å². The molecule has 0 spiro atoms. The molecule has 0 bridgehead atoms. The summed E-state index contributed by atoms with van der Waals surface area (Å²) in [6.07, 6.45) is 0.332. The second-order valence-electron chi connectivity index (χ2n) is 6.23. The highest BCUT2D eigenvalue weighted by Gasteiger charge is 2.21. The Labute approximate surface area is 162 Å². The summed E-state index contributed by atoms with van der Waals surface area (Å²) in [6, 6.07) is 13.0. The van der Waals surface area contributed by atoms with Gasteiger partial charge in [-0.1, -0.05) is 29.8 Å². The zero-order chi connectivity index (χ0) is 18.4. The Kier molecular flexibility index (Phi) is 6.66. The van der Waals surface area contributed by atoms with Crippen LogP contribution in [0.25, 0.3) is 0 Å². The quantitative estimate of drug-likeness (QED) is 0.823. The van der Waals surface area contributed by atoms with Gasteiger partial charge < -0.3 is 10.2 Å². The molecule has 1 aromatic heterocycles. The highest BCUT2D eigenvalue weighted by Crippen LogP contribution is 2.23. The van der Waals surface area contributed by atoms with E-state index in [1.807, 2.05) is 29.2 Å². The maximum absolute atomic E-state index is 12.3. The molecule has 1 saturated heterocycles. The molecular formula is C19H22ClN3O2S. The molecule has 5 nitrogen and oxygen atoms in total. The summed E-state index contributed by atoms with van der Waals surface area (Å²) in [5, 5.41) is 2.80. The molecule has 1 aliphatic rings. The van der Waals surface area contributed by atoms with Gasteiger partial charge in [0, 0.05) is 56.1 Å². The van der Waals surface area contributed by atoms with Crippen molar-refractivity contribution >= 4 is 34.8 Å². The van der Waals surface area contributed by atoms with Crippen molar-refractivity contribution in [3.63, 3.8) is 0 Å². The molecule has 0 atom stereocenters. The van der Waals surface area contributed by atoms with Crippen LogP contribution < -0.4 is 5.32 Å². The van der Waals surface area contributed by atoms with E-state index in [1.54, 1.807) is 23.5 Å². The third-order valence-corrected chi connectivity index (χ3v) is 5.61. The topological polar surface area (TPSA) is 52.7 Å². The number of amides is 2. The van der Waals surface area contributed by atoms with Gasteiger partial charge in [0.2, 0.25) is 5.91 Å². The van der Waals surface area contributed by atoms with Crippen molar-refractivity contribution < 1.29 is 9.59 Å². The van der Waals surface area contributed by atoms with E-state index in [2.05, 4.69) is 16.3 Å². The number of nitrogens with one attached hydrogen (secondary N) is 1. The van der Waals surface area contributed by atoms with E-state index >= 15 is 0 Å². The molecule has 2 heterocycles. The predicted molar refractivity (Wildman–Crippen MR) is 105 cm³/mol. The standard InChI is InChI=1S/C19H22ClN3O2S/c20-17-7-6-16(26-17)14-22-10-12-23(13-11-22)18(24)8-9-21-19(25)15-4-2-1-3-5-15/h1-7H,8-14H2,(H,21,25). The summed E-state index contributed by atoms with van der Waals surface area (Å²) in [4.78, 5) is 29.8. The third kappa shape index (κ3) is 5.30. The summed E-state index contributed by atoms with van der Waals surface area (Å²) < 4.78 is 0.811. The number of halogens is 1. The molecule has 0 unspecified atom stereocenters. The minimum absolute atomic E-state index is 0.0946. The monoisotopic (exact) mass is 391 g/mol. The maximum atomic E-state index is 12.3. The van der Waals surface area contributed by atoms with Crippen LogP contribution in [0.2, 0.25) is 4.34 Å². The van der Waals surface area contributed by atoms with Crippen molar-refractivity contribution in [2.24, 2.45) is 0 Å². The molecule has 26 heavy (non-hydrogen) atoms. The Morgan fingerprint density at radius 3 is 2.42 bits per heavy atom. The summed E-state index contributed by atoms with van der Waals surface area (Å²) in [6.45, 7) is 4.41. The summed E-state index contributed by atoms with van der Waals surface area (Å²) in [5.41, 5.74) is 0.613. The Morgan fingerprint density at radius 1 is 1.04 bits per heavy atom. The number of carbonyl (C=O) groups is 2. The van der Waals surface area contributed by atoms with Gasteiger partial charge in [0.1, 0.15) is 0 Å². The van der Waals surface area contributed by atoms with Crippen LogP contribution in [0.1, 0.15) is 21.7 Å². The molecule has 3 rings (SSSR count). The fraction of sp³-hybridized carbons (Fsp3) is 0.368. The number of thiophene rings is 1. The van der Waals surface area contributed by atoms with Gasteiger partial charge >= 0.3 is 0 Å². The first-order valence-corrected chi connectivity index (χ1v) is 9.89. The van der Waals surface area contributed by atoms with Crippen LogP contribution >= 0.6 is 22.9 Å². The van der Waals surface area contributed by atoms with Crippen LogP contribution in [0.4, 0.5) is 0 Å². The maximum Gasteiger partial charge on any atom is 0.251 e. The van der Waals surface area contributed by atoms with Gasteiger partial charge in [-0.05, 0) is 24.3 Å². The first kappa shape index (κ1) is 18.9. The van der Waals surface area contributed by atoms with Crippen LogP contribution in [0.5, 0.6) is 0 Å². The number of carbonyl (C=O) groups excluding carboxylic acids is 2. The van der Waals surface area contributed by atoms with Crippen molar-refractivity contribution in [3.8, 4) is 0 Å². The molecule has 0 aliphatic carbocycles. The average molecular weight is 392 g/mol. The SMILES string of the molecule is O=C(NCCC(=O)N1CCN(Cc2ccc(Cl)s2)CC1)c1ccccc1. The van der Waals surface area contributed by atoms with E-state index in [0.29, 0.717) is 18.5 Å². The van der Waals surface area contributed by atoms with Crippen LogP contribution in [0, 0.1) is 0 Å². The van der Waals surface area contributed by atoms with E-state index in [1.165, 1.54) is 4.88 Å². The molecule has 2 amide bonds. The molecule has 1 fully saturated rings. The van der Waals surface area contributed by atoms with Crippen LogP contribution in [-0.4, -0.2) is 54.3 Å². The van der Waals surface area contributed by atoms with E-state index in [9.17, 15) is 9.59 Å². The minimum Gasteiger partial charge on any atom is -0.352 e. The van der Waals surface area contributed by atoms with Crippen molar-refractivity contribution in [1.29, 1.82) is 0 Å². The van der Waals surface area contributed by atoms with Gasteiger partial charge in [-0.25, -0.2) is 0 Å². The third-order valence-electron chi connectivity index (χ3n) is 4.39. The molecule has 2 aromatic rings. The van der Waals surface area contributed by atoms with Gasteiger partial charge in [0.05, 0.1) is 4.34 Å². The van der Waals surface area contributed by atoms with Gasteiger partial charge in [0.25, 0.3) is 5.91 Å². The molecular weight excluding hydrogens is 370 g/mol. The molecule has 1 aliphatic heterocycles. The van der Waals surface area contributed by atoms with Crippen LogP contribution in [-0.2, 0) is 11.3 Å². The molecule has 0 saturated carbocycles. The van der Waals surface area contributed by atoms with Gasteiger partial charge in [0.15, 0.2) is 0 Å². The van der Waals surface area contributed by atoms with Crippen LogP contribution in [0.15, 0.2) is 42.5 Å². The Morgan fingerprint density at radius 2 is 1.77 bits per heavy atom. The average Bonchev–Trinajstić information content (AvgIpc) is 3.07. The zero-order valence-electron chi connectivity index (χ0n) is 14.5. The lowest BCUT2D eigenvalue weighted by molar-refractivity contribution is -0.132. The molecule has 1 aromatic carbocycles. The van der Waals surface area contributed by atoms with Crippen molar-refractivity contribution in [1.82, 2.24) is 15.1 Å². The first-order chi connectivity index (χ1) is 12.6. The van der Waals surface area contributed by atoms with Gasteiger partial charge in [-0.2, -0.15) is 0 Å². The van der Waals surface area contributed by atoms with E-state index in [4.69, 9.17) is 11.6 Å². The highest BCUT2D eigenvalue weighted by atomic mass is 35.5. The lowest BCUT2D eigenvalue weighted by Crippen LogP contribution is -2.48. The molecule has 138 valence electrons. The number of hydrogen-bond donors (Lipinski definition) is 1.